The van der Waals surface area contributed by atoms with Crippen molar-refractivity contribution in [2.24, 2.45) is 0 Å². The van der Waals surface area contributed by atoms with Gasteiger partial charge >= 0.3 is 0 Å². The van der Waals surface area contributed by atoms with Gasteiger partial charge in [0.1, 0.15) is 23.5 Å². The summed E-state index contributed by atoms with van der Waals surface area (Å²) in [5, 5.41) is 15.1. The Kier molecular flexibility index (Phi) is 6.17. The molecular formula is C21H25N5O3. The third-order valence-electron chi connectivity index (χ3n) is 5.30. The highest BCUT2D eigenvalue weighted by Gasteiger charge is 2.31. The molecule has 1 atom stereocenters. The Balaban J connectivity index is 1.66. The van der Waals surface area contributed by atoms with Gasteiger partial charge in [-0.1, -0.05) is 12.1 Å². The number of anilines is 2. The van der Waals surface area contributed by atoms with E-state index in [0.29, 0.717) is 18.8 Å². The molecular weight excluding hydrogens is 370 g/mol. The van der Waals surface area contributed by atoms with Crippen LogP contribution in [-0.2, 0) is 14.4 Å². The van der Waals surface area contributed by atoms with E-state index >= 15 is 0 Å². The number of Topliss-reactive ketones (excluding diaryl/α,β-unsaturated/α-hetero) is 1. The topological polar surface area (TPSA) is 106 Å². The summed E-state index contributed by atoms with van der Waals surface area (Å²) in [5.74, 6) is -0.440. The van der Waals surface area contributed by atoms with Crippen LogP contribution in [-0.4, -0.2) is 44.3 Å². The van der Waals surface area contributed by atoms with Gasteiger partial charge in [-0.25, -0.2) is 0 Å². The number of nitriles is 1. The summed E-state index contributed by atoms with van der Waals surface area (Å²) in [7, 11) is 3.61. The summed E-state index contributed by atoms with van der Waals surface area (Å²) in [5.41, 5.74) is 1.83. The molecule has 1 unspecified atom stereocenters. The molecule has 2 aliphatic heterocycles. The molecule has 2 heterocycles. The summed E-state index contributed by atoms with van der Waals surface area (Å²) in [6.45, 7) is 0.617. The standard InChI is InChI=1S/C21H25N5O3/c1-25-16-8-3-4-9-17(16)26(2)21(25)14(13-22)18(27)10-11-19(28)24-15-7-5-6-12-23-20(15)29/h3-4,8-9,15H,5-7,10-12H2,1-2H3,(H,23,29)(H,24,28). The molecule has 1 fully saturated rings. The van der Waals surface area contributed by atoms with Crippen molar-refractivity contribution in [1.82, 2.24) is 10.6 Å². The van der Waals surface area contributed by atoms with E-state index in [1.807, 2.05) is 40.1 Å². The fourth-order valence-corrected chi connectivity index (χ4v) is 3.75. The van der Waals surface area contributed by atoms with Crippen LogP contribution >= 0.6 is 0 Å². The lowest BCUT2D eigenvalue weighted by Gasteiger charge is -2.20. The predicted octanol–water partition coefficient (Wildman–Crippen LogP) is 1.44. The van der Waals surface area contributed by atoms with Crippen molar-refractivity contribution in [3.63, 3.8) is 0 Å². The Hall–Kier alpha value is -3.34. The second kappa shape index (κ2) is 8.78. The molecule has 3 rings (SSSR count). The number of carbonyl (C=O) groups excluding carboxylic acids is 3. The lowest BCUT2D eigenvalue weighted by molar-refractivity contribution is -0.129. The molecule has 2 amide bonds. The number of para-hydroxylation sites is 2. The van der Waals surface area contributed by atoms with Gasteiger partial charge in [-0.3, -0.25) is 14.4 Å². The summed E-state index contributed by atoms with van der Waals surface area (Å²) in [6, 6.07) is 9.09. The molecule has 8 heteroatoms. The molecule has 0 aliphatic carbocycles. The van der Waals surface area contributed by atoms with Gasteiger partial charge in [-0.05, 0) is 31.4 Å². The number of fused-ring (bicyclic) bond motifs is 1. The Morgan fingerprint density at radius 3 is 2.45 bits per heavy atom. The second-order valence-corrected chi connectivity index (χ2v) is 7.25. The molecule has 1 saturated heterocycles. The first-order valence-electron chi connectivity index (χ1n) is 9.75. The summed E-state index contributed by atoms with van der Waals surface area (Å²) < 4.78 is 0. The van der Waals surface area contributed by atoms with E-state index in [1.54, 1.807) is 14.1 Å². The van der Waals surface area contributed by atoms with Crippen molar-refractivity contribution in [1.29, 1.82) is 5.26 Å². The highest BCUT2D eigenvalue weighted by molar-refractivity contribution is 6.03. The fourth-order valence-electron chi connectivity index (χ4n) is 3.75. The maximum Gasteiger partial charge on any atom is 0.242 e. The predicted molar refractivity (Wildman–Crippen MR) is 109 cm³/mol. The maximum atomic E-state index is 12.7. The van der Waals surface area contributed by atoms with Crippen molar-refractivity contribution >= 4 is 29.0 Å². The summed E-state index contributed by atoms with van der Waals surface area (Å²) >= 11 is 0. The van der Waals surface area contributed by atoms with Gasteiger partial charge in [-0.2, -0.15) is 5.26 Å². The smallest absolute Gasteiger partial charge is 0.242 e. The Bertz CT molecular complexity index is 871. The number of allylic oxidation sites excluding steroid dienone is 1. The van der Waals surface area contributed by atoms with Gasteiger partial charge in [0.15, 0.2) is 5.78 Å². The van der Waals surface area contributed by atoms with E-state index in [-0.39, 0.29) is 30.2 Å². The maximum absolute atomic E-state index is 12.7. The number of benzene rings is 1. The van der Waals surface area contributed by atoms with Crippen LogP contribution in [0.4, 0.5) is 11.4 Å². The van der Waals surface area contributed by atoms with Crippen LogP contribution in [0.1, 0.15) is 32.1 Å². The molecule has 0 bridgehead atoms. The molecule has 2 aliphatic rings. The monoisotopic (exact) mass is 395 g/mol. The minimum Gasteiger partial charge on any atom is -0.354 e. The lowest BCUT2D eigenvalue weighted by atomic mass is 10.1. The SMILES string of the molecule is CN1C(=C(C#N)C(=O)CCC(=O)NC2CCCCNC2=O)N(C)c2ccccc21. The number of nitrogens with zero attached hydrogens (tertiary/aromatic N) is 3. The quantitative estimate of drug-likeness (QED) is 0.577. The van der Waals surface area contributed by atoms with Crippen LogP contribution in [0.15, 0.2) is 35.7 Å². The van der Waals surface area contributed by atoms with Gasteiger partial charge in [-0.15, -0.1) is 0 Å². The molecule has 0 spiro atoms. The van der Waals surface area contributed by atoms with E-state index < -0.39 is 11.8 Å². The zero-order valence-corrected chi connectivity index (χ0v) is 16.7. The first-order valence-corrected chi connectivity index (χ1v) is 9.75. The first-order chi connectivity index (χ1) is 13.9. The van der Waals surface area contributed by atoms with E-state index in [1.165, 1.54) is 0 Å². The average molecular weight is 395 g/mol. The largest absolute Gasteiger partial charge is 0.354 e. The zero-order valence-electron chi connectivity index (χ0n) is 16.7. The summed E-state index contributed by atoms with van der Waals surface area (Å²) in [6.07, 6.45) is 2.17. The fraction of sp³-hybridized carbons (Fsp3) is 0.429. The molecule has 0 aromatic heterocycles. The number of hydrogen-bond donors (Lipinski definition) is 2. The molecule has 1 aromatic carbocycles. The van der Waals surface area contributed by atoms with Gasteiger partial charge in [0.2, 0.25) is 11.8 Å². The van der Waals surface area contributed by atoms with E-state index in [4.69, 9.17) is 0 Å². The van der Waals surface area contributed by atoms with Crippen molar-refractivity contribution in [3.8, 4) is 6.07 Å². The molecule has 1 aromatic rings. The molecule has 0 radical (unpaired) electrons. The van der Waals surface area contributed by atoms with Crippen LogP contribution in [0.3, 0.4) is 0 Å². The van der Waals surface area contributed by atoms with Crippen LogP contribution in [0.5, 0.6) is 0 Å². The van der Waals surface area contributed by atoms with E-state index in [9.17, 15) is 19.6 Å². The summed E-state index contributed by atoms with van der Waals surface area (Å²) in [4.78, 5) is 40.5. The van der Waals surface area contributed by atoms with Crippen molar-refractivity contribution < 1.29 is 14.4 Å². The van der Waals surface area contributed by atoms with Crippen LogP contribution in [0, 0.1) is 11.3 Å². The van der Waals surface area contributed by atoms with E-state index in [2.05, 4.69) is 10.6 Å². The minimum absolute atomic E-state index is 0.0196. The first kappa shape index (κ1) is 20.4. The number of carbonyl (C=O) groups is 3. The highest BCUT2D eigenvalue weighted by atomic mass is 16.2. The van der Waals surface area contributed by atoms with Gasteiger partial charge in [0, 0.05) is 33.5 Å². The van der Waals surface area contributed by atoms with E-state index in [0.717, 1.165) is 24.2 Å². The van der Waals surface area contributed by atoms with Crippen LogP contribution in [0.25, 0.3) is 0 Å². The van der Waals surface area contributed by atoms with Crippen molar-refractivity contribution in [2.75, 3.05) is 30.4 Å². The Morgan fingerprint density at radius 1 is 1.17 bits per heavy atom. The number of nitrogens with one attached hydrogen (secondary N) is 2. The second-order valence-electron chi connectivity index (χ2n) is 7.25. The Labute approximate surface area is 170 Å². The molecule has 8 nitrogen and oxygen atoms in total. The number of hydrogen-bond acceptors (Lipinski definition) is 6. The molecule has 152 valence electrons. The molecule has 0 saturated carbocycles. The van der Waals surface area contributed by atoms with Crippen molar-refractivity contribution in [2.45, 2.75) is 38.1 Å². The lowest BCUT2D eigenvalue weighted by Crippen LogP contribution is -2.45. The highest BCUT2D eigenvalue weighted by Crippen LogP contribution is 2.40. The number of rotatable bonds is 5. The third-order valence-corrected chi connectivity index (χ3v) is 5.30. The molecule has 29 heavy (non-hydrogen) atoms. The normalized spacial score (nSPS) is 18.4. The van der Waals surface area contributed by atoms with Crippen LogP contribution in [0.2, 0.25) is 0 Å². The van der Waals surface area contributed by atoms with Gasteiger partial charge < -0.3 is 20.4 Å². The Morgan fingerprint density at radius 2 is 1.83 bits per heavy atom. The zero-order chi connectivity index (χ0) is 21.0. The van der Waals surface area contributed by atoms with Crippen molar-refractivity contribution in [3.05, 3.63) is 35.7 Å². The minimum atomic E-state index is -0.560. The average Bonchev–Trinajstić information content (AvgIpc) is 2.84. The molecule has 2 N–H and O–H groups in total. The van der Waals surface area contributed by atoms with Gasteiger partial charge in [0.05, 0.1) is 11.4 Å². The van der Waals surface area contributed by atoms with Gasteiger partial charge in [0.25, 0.3) is 0 Å². The number of amides is 2. The number of ketones is 1. The van der Waals surface area contributed by atoms with Crippen LogP contribution < -0.4 is 20.4 Å². The third kappa shape index (κ3) is 4.24.